The second-order valence-electron chi connectivity index (χ2n) is 7.79. The second kappa shape index (κ2) is 9.83. The second-order valence-corrected chi connectivity index (χ2v) is 8.64. The molecule has 2 heterocycles. The zero-order valence-corrected chi connectivity index (χ0v) is 19.1. The molecule has 0 fully saturated rings. The van der Waals surface area contributed by atoms with Crippen molar-refractivity contribution in [1.82, 2.24) is 10.3 Å². The van der Waals surface area contributed by atoms with E-state index in [1.807, 2.05) is 42.6 Å². The molecular weight excluding hydrogens is 440 g/mol. The van der Waals surface area contributed by atoms with Crippen LogP contribution in [-0.4, -0.2) is 29.3 Å². The number of nitrogens with zero attached hydrogens (tertiary/aromatic N) is 1. The van der Waals surface area contributed by atoms with Crippen molar-refractivity contribution in [3.8, 4) is 17.0 Å². The number of benzene rings is 2. The summed E-state index contributed by atoms with van der Waals surface area (Å²) in [6, 6.07) is 13.1. The van der Waals surface area contributed by atoms with Gasteiger partial charge in [0.2, 0.25) is 11.8 Å². The topological polar surface area (TPSA) is 109 Å². The average Bonchev–Trinajstić information content (AvgIpc) is 3.25. The van der Waals surface area contributed by atoms with E-state index in [-0.39, 0.29) is 30.4 Å². The molecule has 1 unspecified atom stereocenters. The average molecular weight is 465 g/mol. The van der Waals surface area contributed by atoms with Gasteiger partial charge in [0.15, 0.2) is 11.7 Å². The van der Waals surface area contributed by atoms with Crippen LogP contribution in [0.4, 0.5) is 10.8 Å². The maximum atomic E-state index is 12.3. The molecule has 8 nitrogen and oxygen atoms in total. The quantitative estimate of drug-likeness (QED) is 0.491. The van der Waals surface area contributed by atoms with Gasteiger partial charge in [-0.3, -0.25) is 19.7 Å². The van der Waals surface area contributed by atoms with Crippen LogP contribution in [0.25, 0.3) is 11.3 Å². The van der Waals surface area contributed by atoms with E-state index in [2.05, 4.69) is 20.9 Å². The van der Waals surface area contributed by atoms with Crippen LogP contribution in [-0.2, 0) is 20.8 Å². The third-order valence-corrected chi connectivity index (χ3v) is 5.98. The minimum atomic E-state index is -0.304. The maximum absolute atomic E-state index is 12.3. The van der Waals surface area contributed by atoms with Crippen molar-refractivity contribution in [3.05, 3.63) is 59.0 Å². The molecular formula is C24H24N4O4S. The highest BCUT2D eigenvalue weighted by Gasteiger charge is 2.16. The Balaban J connectivity index is 1.31. The van der Waals surface area contributed by atoms with E-state index in [1.54, 1.807) is 12.1 Å². The molecule has 0 saturated heterocycles. The van der Waals surface area contributed by atoms with Gasteiger partial charge in [-0.1, -0.05) is 24.3 Å². The smallest absolute Gasteiger partial charge is 0.264 e. The molecule has 1 aliphatic rings. The summed E-state index contributed by atoms with van der Waals surface area (Å²) < 4.78 is 5.61. The molecule has 0 radical (unpaired) electrons. The van der Waals surface area contributed by atoms with Crippen molar-refractivity contribution in [2.45, 2.75) is 32.7 Å². The van der Waals surface area contributed by atoms with E-state index in [4.69, 9.17) is 4.74 Å². The minimum Gasteiger partial charge on any atom is -0.484 e. The summed E-state index contributed by atoms with van der Waals surface area (Å²) >= 11 is 1.34. The fourth-order valence-electron chi connectivity index (χ4n) is 3.55. The van der Waals surface area contributed by atoms with E-state index < -0.39 is 0 Å². The van der Waals surface area contributed by atoms with Crippen LogP contribution in [0.1, 0.15) is 37.4 Å². The molecule has 170 valence electrons. The fourth-order valence-corrected chi connectivity index (χ4v) is 4.28. The third kappa shape index (κ3) is 5.75. The number of carbonyl (C=O) groups is 3. The summed E-state index contributed by atoms with van der Waals surface area (Å²) in [6.07, 6.45) is 1.10. The normalized spacial score (nSPS) is 13.5. The summed E-state index contributed by atoms with van der Waals surface area (Å²) in [4.78, 5) is 39.5. The first-order valence-corrected chi connectivity index (χ1v) is 11.4. The number of aromatic nitrogens is 1. The van der Waals surface area contributed by atoms with Crippen LogP contribution in [0.3, 0.4) is 0 Å². The number of anilines is 2. The Morgan fingerprint density at radius 3 is 2.73 bits per heavy atom. The summed E-state index contributed by atoms with van der Waals surface area (Å²) in [5.74, 6) is 0.208. The number of fused-ring (bicyclic) bond motifs is 1. The number of ether oxygens (including phenoxy) is 1. The Morgan fingerprint density at radius 2 is 1.97 bits per heavy atom. The third-order valence-electron chi connectivity index (χ3n) is 5.22. The largest absolute Gasteiger partial charge is 0.484 e. The fraction of sp³-hybridized carbons (Fsp3) is 0.250. The molecule has 0 saturated carbocycles. The van der Waals surface area contributed by atoms with Gasteiger partial charge in [-0.25, -0.2) is 4.98 Å². The van der Waals surface area contributed by atoms with Crippen LogP contribution >= 0.6 is 11.3 Å². The zero-order chi connectivity index (χ0) is 23.4. The highest BCUT2D eigenvalue weighted by molar-refractivity contribution is 7.14. The van der Waals surface area contributed by atoms with Crippen LogP contribution in [0, 0.1) is 0 Å². The SMILES string of the molecule is CC(=O)NC(C)c1ccc(-c2csc(NC(=O)COc3ccc4c(c3)CCC(=O)N4)n2)cc1. The van der Waals surface area contributed by atoms with Gasteiger partial charge in [-0.15, -0.1) is 11.3 Å². The molecule has 0 spiro atoms. The van der Waals surface area contributed by atoms with Crippen molar-refractivity contribution in [3.63, 3.8) is 0 Å². The molecule has 4 rings (SSSR count). The minimum absolute atomic E-state index is 0.00820. The van der Waals surface area contributed by atoms with E-state index in [0.717, 1.165) is 28.1 Å². The Kier molecular flexibility index (Phi) is 6.69. The van der Waals surface area contributed by atoms with E-state index >= 15 is 0 Å². The lowest BCUT2D eigenvalue weighted by atomic mass is 10.0. The number of thiazole rings is 1. The van der Waals surface area contributed by atoms with Crippen LogP contribution in [0.2, 0.25) is 0 Å². The molecule has 0 aliphatic carbocycles. The lowest BCUT2D eigenvalue weighted by Gasteiger charge is -2.17. The Bertz CT molecular complexity index is 1190. The van der Waals surface area contributed by atoms with Gasteiger partial charge in [0.25, 0.3) is 5.91 Å². The Morgan fingerprint density at radius 1 is 1.18 bits per heavy atom. The van der Waals surface area contributed by atoms with Crippen LogP contribution < -0.4 is 20.7 Å². The zero-order valence-electron chi connectivity index (χ0n) is 18.3. The number of hydrogen-bond donors (Lipinski definition) is 3. The number of amides is 3. The van der Waals surface area contributed by atoms with Gasteiger partial charge in [0, 0.05) is 30.0 Å². The van der Waals surface area contributed by atoms with Gasteiger partial charge >= 0.3 is 0 Å². The summed E-state index contributed by atoms with van der Waals surface area (Å²) in [5.41, 5.74) is 4.46. The number of rotatable bonds is 7. The van der Waals surface area contributed by atoms with Crippen molar-refractivity contribution >= 4 is 39.9 Å². The monoisotopic (exact) mass is 464 g/mol. The summed E-state index contributed by atoms with van der Waals surface area (Å²) in [7, 11) is 0. The van der Waals surface area contributed by atoms with Crippen molar-refractivity contribution < 1.29 is 19.1 Å². The Labute approximate surface area is 195 Å². The molecule has 2 aromatic carbocycles. The van der Waals surface area contributed by atoms with Crippen molar-refractivity contribution in [2.75, 3.05) is 17.2 Å². The number of aryl methyl sites for hydroxylation is 1. The molecule has 3 aromatic rings. The molecule has 3 amide bonds. The van der Waals surface area contributed by atoms with Gasteiger partial charge in [-0.05, 0) is 42.7 Å². The van der Waals surface area contributed by atoms with Gasteiger partial charge < -0.3 is 15.4 Å². The Hall–Kier alpha value is -3.72. The van der Waals surface area contributed by atoms with E-state index in [1.165, 1.54) is 18.3 Å². The number of carbonyl (C=O) groups excluding carboxylic acids is 3. The first kappa shape index (κ1) is 22.5. The standard InChI is InChI=1S/C24H24N4O4S/c1-14(25-15(2)29)16-3-5-17(6-4-16)21-13-33-24(27-21)28-23(31)12-32-19-8-9-20-18(11-19)7-10-22(30)26-20/h3-6,8-9,11,13-14H,7,10,12H2,1-2H3,(H,25,29)(H,26,30)(H,27,28,31). The lowest BCUT2D eigenvalue weighted by Crippen LogP contribution is -2.23. The predicted octanol–water partition coefficient (Wildman–Crippen LogP) is 3.91. The van der Waals surface area contributed by atoms with Gasteiger partial charge in [0.1, 0.15) is 5.75 Å². The van der Waals surface area contributed by atoms with E-state index in [9.17, 15) is 14.4 Å². The van der Waals surface area contributed by atoms with Crippen LogP contribution in [0.5, 0.6) is 5.75 Å². The van der Waals surface area contributed by atoms with E-state index in [0.29, 0.717) is 23.7 Å². The first-order valence-electron chi connectivity index (χ1n) is 10.6. The van der Waals surface area contributed by atoms with Crippen molar-refractivity contribution in [2.24, 2.45) is 0 Å². The van der Waals surface area contributed by atoms with Crippen LogP contribution in [0.15, 0.2) is 47.8 Å². The molecule has 3 N–H and O–H groups in total. The van der Waals surface area contributed by atoms with Gasteiger partial charge in [-0.2, -0.15) is 0 Å². The molecule has 1 atom stereocenters. The first-order chi connectivity index (χ1) is 15.9. The van der Waals surface area contributed by atoms with Gasteiger partial charge in [0.05, 0.1) is 11.7 Å². The molecule has 1 aliphatic heterocycles. The summed E-state index contributed by atoms with van der Waals surface area (Å²) in [6.45, 7) is 3.28. The number of hydrogen-bond acceptors (Lipinski definition) is 6. The highest BCUT2D eigenvalue weighted by Crippen LogP contribution is 2.28. The summed E-state index contributed by atoms with van der Waals surface area (Å²) in [5, 5.41) is 10.8. The molecule has 1 aromatic heterocycles. The predicted molar refractivity (Wildman–Crippen MR) is 127 cm³/mol. The molecule has 0 bridgehead atoms. The number of nitrogens with one attached hydrogen (secondary N) is 3. The molecule has 9 heteroatoms. The maximum Gasteiger partial charge on any atom is 0.264 e. The lowest BCUT2D eigenvalue weighted by molar-refractivity contribution is -0.120. The highest BCUT2D eigenvalue weighted by atomic mass is 32.1. The molecule has 33 heavy (non-hydrogen) atoms. The van der Waals surface area contributed by atoms with Crippen molar-refractivity contribution in [1.29, 1.82) is 0 Å².